The summed E-state index contributed by atoms with van der Waals surface area (Å²) in [7, 11) is 1.65. The maximum absolute atomic E-state index is 12.4. The molecule has 7 nitrogen and oxygen atoms in total. The Bertz CT molecular complexity index is 1240. The lowest BCUT2D eigenvalue weighted by atomic mass is 10.1. The number of benzene rings is 2. The van der Waals surface area contributed by atoms with Crippen molar-refractivity contribution in [2.75, 3.05) is 19.4 Å². The van der Waals surface area contributed by atoms with Crippen molar-refractivity contribution in [1.82, 2.24) is 25.3 Å². The van der Waals surface area contributed by atoms with Crippen LogP contribution in [0.25, 0.3) is 16.6 Å². The van der Waals surface area contributed by atoms with E-state index in [1.807, 2.05) is 73.1 Å². The fourth-order valence-electron chi connectivity index (χ4n) is 3.65. The Kier molecular flexibility index (Phi) is 6.70. The second-order valence-corrected chi connectivity index (χ2v) is 8.31. The maximum Gasteiger partial charge on any atom is 0.230 e. The van der Waals surface area contributed by atoms with Crippen LogP contribution in [0.5, 0.6) is 5.75 Å². The number of rotatable bonds is 8. The third-order valence-electron chi connectivity index (χ3n) is 5.22. The second-order valence-electron chi connectivity index (χ2n) is 7.35. The predicted octanol–water partition coefficient (Wildman–Crippen LogP) is 3.89. The van der Waals surface area contributed by atoms with Crippen LogP contribution in [0.4, 0.5) is 0 Å². The molecule has 164 valence electrons. The van der Waals surface area contributed by atoms with Crippen LogP contribution in [-0.4, -0.2) is 45.3 Å². The number of para-hydroxylation sites is 2. The molecule has 0 fully saturated rings. The number of aromatic nitrogens is 4. The minimum Gasteiger partial charge on any atom is -0.496 e. The molecule has 2 aromatic heterocycles. The highest BCUT2D eigenvalue weighted by Crippen LogP contribution is 2.29. The lowest BCUT2D eigenvalue weighted by molar-refractivity contribution is -0.118. The minimum absolute atomic E-state index is 0.0559. The first-order valence-corrected chi connectivity index (χ1v) is 11.4. The van der Waals surface area contributed by atoms with E-state index in [1.54, 1.807) is 7.11 Å². The Morgan fingerprint density at radius 1 is 1.06 bits per heavy atom. The van der Waals surface area contributed by atoms with Crippen molar-refractivity contribution in [2.45, 2.75) is 25.3 Å². The molecule has 4 aromatic rings. The van der Waals surface area contributed by atoms with Crippen LogP contribution in [0.2, 0.25) is 0 Å². The molecule has 0 saturated carbocycles. The molecule has 2 aromatic carbocycles. The number of carbonyl (C=O) groups is 1. The van der Waals surface area contributed by atoms with Gasteiger partial charge in [0.2, 0.25) is 5.91 Å². The number of aryl methyl sites for hydroxylation is 2. The third kappa shape index (κ3) is 4.60. The van der Waals surface area contributed by atoms with E-state index in [9.17, 15) is 4.79 Å². The SMILES string of the molecule is COc1ccccc1CCNC(=O)CSc1nnc(C)c2c(C)n(-c3ccccc3)nc12. The van der Waals surface area contributed by atoms with Crippen molar-refractivity contribution in [3.05, 3.63) is 71.5 Å². The molecule has 0 radical (unpaired) electrons. The van der Waals surface area contributed by atoms with Gasteiger partial charge in [-0.2, -0.15) is 10.2 Å². The number of methoxy groups -OCH3 is 1. The number of thioether (sulfide) groups is 1. The highest BCUT2D eigenvalue weighted by molar-refractivity contribution is 8.00. The Hall–Kier alpha value is -3.39. The van der Waals surface area contributed by atoms with Crippen LogP contribution in [0.1, 0.15) is 17.0 Å². The molecule has 0 saturated heterocycles. The van der Waals surface area contributed by atoms with Crippen molar-refractivity contribution in [3.63, 3.8) is 0 Å². The summed E-state index contributed by atoms with van der Waals surface area (Å²) in [5.41, 5.74) is 4.64. The number of carbonyl (C=O) groups excluding carboxylic acids is 1. The molecule has 32 heavy (non-hydrogen) atoms. The molecule has 0 bridgehead atoms. The van der Waals surface area contributed by atoms with E-state index in [0.29, 0.717) is 18.0 Å². The van der Waals surface area contributed by atoms with Gasteiger partial charge in [0.15, 0.2) is 0 Å². The standard InChI is InChI=1S/C24H25N5O2S/c1-16-22-17(2)29(19-10-5-4-6-11-19)28-23(22)24(27-26-16)32-15-21(30)25-14-13-18-9-7-8-12-20(18)31-3/h4-12H,13-15H2,1-3H3,(H,25,30). The molecule has 0 spiro atoms. The van der Waals surface area contributed by atoms with Crippen molar-refractivity contribution in [3.8, 4) is 11.4 Å². The van der Waals surface area contributed by atoms with Gasteiger partial charge < -0.3 is 10.1 Å². The quantitative estimate of drug-likeness (QED) is 0.413. The summed E-state index contributed by atoms with van der Waals surface area (Å²) in [5, 5.41) is 18.0. The fraction of sp³-hybridized carbons (Fsp3) is 0.250. The smallest absolute Gasteiger partial charge is 0.230 e. The molecule has 0 aliphatic carbocycles. The summed E-state index contributed by atoms with van der Waals surface area (Å²) in [5.74, 6) is 1.02. The second kappa shape index (κ2) is 9.82. The first-order chi connectivity index (χ1) is 15.6. The molecule has 8 heteroatoms. The van der Waals surface area contributed by atoms with Gasteiger partial charge in [0.05, 0.1) is 29.9 Å². The number of nitrogens with zero attached hydrogens (tertiary/aromatic N) is 4. The Morgan fingerprint density at radius 2 is 1.81 bits per heavy atom. The summed E-state index contributed by atoms with van der Waals surface area (Å²) in [6.07, 6.45) is 0.704. The number of fused-ring (bicyclic) bond motifs is 1. The van der Waals surface area contributed by atoms with E-state index in [2.05, 4.69) is 15.5 Å². The summed E-state index contributed by atoms with van der Waals surface area (Å²) in [4.78, 5) is 12.4. The molecule has 1 N–H and O–H groups in total. The van der Waals surface area contributed by atoms with Gasteiger partial charge in [-0.3, -0.25) is 4.79 Å². The summed E-state index contributed by atoms with van der Waals surface area (Å²) in [6.45, 7) is 4.49. The summed E-state index contributed by atoms with van der Waals surface area (Å²) < 4.78 is 7.26. The van der Waals surface area contributed by atoms with Crippen molar-refractivity contribution in [1.29, 1.82) is 0 Å². The molecular weight excluding hydrogens is 422 g/mol. The first-order valence-electron chi connectivity index (χ1n) is 10.4. The fourth-order valence-corrected chi connectivity index (χ4v) is 4.40. The van der Waals surface area contributed by atoms with Crippen LogP contribution in [0.3, 0.4) is 0 Å². The van der Waals surface area contributed by atoms with Crippen LogP contribution in [0.15, 0.2) is 59.6 Å². The van der Waals surface area contributed by atoms with Gasteiger partial charge in [-0.15, -0.1) is 5.10 Å². The Morgan fingerprint density at radius 3 is 2.59 bits per heavy atom. The highest BCUT2D eigenvalue weighted by Gasteiger charge is 2.18. The van der Waals surface area contributed by atoms with E-state index >= 15 is 0 Å². The van der Waals surface area contributed by atoms with E-state index in [0.717, 1.165) is 39.3 Å². The van der Waals surface area contributed by atoms with Crippen LogP contribution < -0.4 is 10.1 Å². The lowest BCUT2D eigenvalue weighted by Crippen LogP contribution is -2.27. The van der Waals surface area contributed by atoms with E-state index in [4.69, 9.17) is 9.84 Å². The van der Waals surface area contributed by atoms with E-state index in [-0.39, 0.29) is 11.7 Å². The van der Waals surface area contributed by atoms with Gasteiger partial charge in [0.1, 0.15) is 16.3 Å². The molecule has 1 amide bonds. The predicted molar refractivity (Wildman–Crippen MR) is 127 cm³/mol. The number of nitrogens with one attached hydrogen (secondary N) is 1. The average Bonchev–Trinajstić information content (AvgIpc) is 3.17. The molecule has 0 atom stereocenters. The van der Waals surface area contributed by atoms with E-state index in [1.165, 1.54) is 11.8 Å². The molecular formula is C24H25N5O2S. The molecule has 0 aliphatic rings. The van der Waals surface area contributed by atoms with E-state index < -0.39 is 0 Å². The Balaban J connectivity index is 1.44. The van der Waals surface area contributed by atoms with Crippen molar-refractivity contribution >= 4 is 28.6 Å². The Labute approximate surface area is 191 Å². The number of hydrogen-bond acceptors (Lipinski definition) is 6. The maximum atomic E-state index is 12.4. The largest absolute Gasteiger partial charge is 0.496 e. The zero-order chi connectivity index (χ0) is 22.5. The van der Waals surface area contributed by atoms with Crippen molar-refractivity contribution in [2.24, 2.45) is 0 Å². The van der Waals surface area contributed by atoms with Gasteiger partial charge in [-0.05, 0) is 44.0 Å². The van der Waals surface area contributed by atoms with Crippen LogP contribution in [0, 0.1) is 13.8 Å². The van der Waals surface area contributed by atoms with Crippen LogP contribution in [-0.2, 0) is 11.2 Å². The molecule has 2 heterocycles. The summed E-state index contributed by atoms with van der Waals surface area (Å²) >= 11 is 1.35. The summed E-state index contributed by atoms with van der Waals surface area (Å²) in [6, 6.07) is 17.8. The number of ether oxygens (including phenoxy) is 1. The van der Waals surface area contributed by atoms with Gasteiger partial charge in [-0.25, -0.2) is 4.68 Å². The normalized spacial score (nSPS) is 11.0. The van der Waals surface area contributed by atoms with Gasteiger partial charge in [-0.1, -0.05) is 48.2 Å². The lowest BCUT2D eigenvalue weighted by Gasteiger charge is -2.09. The number of amides is 1. The highest BCUT2D eigenvalue weighted by atomic mass is 32.2. The monoisotopic (exact) mass is 447 g/mol. The zero-order valence-corrected chi connectivity index (χ0v) is 19.1. The van der Waals surface area contributed by atoms with Crippen molar-refractivity contribution < 1.29 is 9.53 Å². The molecule has 4 rings (SSSR count). The third-order valence-corrected chi connectivity index (χ3v) is 6.18. The first kappa shape index (κ1) is 21.8. The topological polar surface area (TPSA) is 81.9 Å². The zero-order valence-electron chi connectivity index (χ0n) is 18.3. The minimum atomic E-state index is -0.0559. The van der Waals surface area contributed by atoms with Gasteiger partial charge >= 0.3 is 0 Å². The molecule has 0 unspecified atom stereocenters. The number of hydrogen-bond donors (Lipinski definition) is 1. The average molecular weight is 448 g/mol. The van der Waals surface area contributed by atoms with Gasteiger partial charge in [0.25, 0.3) is 0 Å². The molecule has 0 aliphatic heterocycles. The van der Waals surface area contributed by atoms with Crippen LogP contribution >= 0.6 is 11.8 Å². The van der Waals surface area contributed by atoms with Gasteiger partial charge in [0, 0.05) is 11.9 Å².